The third-order valence-corrected chi connectivity index (χ3v) is 3.27. The van der Waals surface area contributed by atoms with Gasteiger partial charge in [0.25, 0.3) is 0 Å². The van der Waals surface area contributed by atoms with Crippen LogP contribution >= 0.6 is 15.9 Å². The first-order chi connectivity index (χ1) is 7.15. The number of rotatable bonds is 1. The Kier molecular flexibility index (Phi) is 2.61. The van der Waals surface area contributed by atoms with E-state index in [4.69, 9.17) is 0 Å². The summed E-state index contributed by atoms with van der Waals surface area (Å²) in [6.45, 7) is 0. The normalized spacial score (nSPS) is 18.8. The Hall–Kier alpha value is -1.16. The number of esters is 1. The number of methoxy groups -OCH3 is 1. The minimum absolute atomic E-state index is 0.00157. The highest BCUT2D eigenvalue weighted by Gasteiger charge is 2.36. The molecule has 4 heteroatoms. The molecule has 0 spiro atoms. The van der Waals surface area contributed by atoms with Crippen LogP contribution in [-0.2, 0) is 9.53 Å². The fraction of sp³-hybridized carbons (Fsp3) is 0.273. The summed E-state index contributed by atoms with van der Waals surface area (Å²) in [5.74, 6) is -0.802. The number of halogens is 1. The van der Waals surface area contributed by atoms with E-state index in [9.17, 15) is 9.59 Å². The zero-order valence-corrected chi connectivity index (χ0v) is 9.71. The highest BCUT2D eigenvalue weighted by Crippen LogP contribution is 2.38. The highest BCUT2D eigenvalue weighted by atomic mass is 79.9. The Labute approximate surface area is 95.6 Å². The maximum Gasteiger partial charge on any atom is 0.313 e. The van der Waals surface area contributed by atoms with Gasteiger partial charge in [0.2, 0.25) is 0 Å². The summed E-state index contributed by atoms with van der Waals surface area (Å²) in [6.07, 6.45) is 0.213. The van der Waals surface area contributed by atoms with E-state index in [1.165, 1.54) is 7.11 Å². The minimum Gasteiger partial charge on any atom is -0.469 e. The van der Waals surface area contributed by atoms with Crippen molar-refractivity contribution in [1.29, 1.82) is 0 Å². The van der Waals surface area contributed by atoms with E-state index < -0.39 is 5.92 Å². The van der Waals surface area contributed by atoms with Crippen LogP contribution in [0.25, 0.3) is 0 Å². The van der Waals surface area contributed by atoms with E-state index in [1.54, 1.807) is 12.1 Å². The van der Waals surface area contributed by atoms with Crippen LogP contribution in [0.2, 0.25) is 0 Å². The van der Waals surface area contributed by atoms with Gasteiger partial charge in [-0.2, -0.15) is 0 Å². The second kappa shape index (κ2) is 3.77. The van der Waals surface area contributed by atoms with Gasteiger partial charge in [-0.05, 0) is 11.6 Å². The molecule has 1 aromatic rings. The Morgan fingerprint density at radius 2 is 2.27 bits per heavy atom. The number of carbonyl (C=O) groups is 2. The summed E-state index contributed by atoms with van der Waals surface area (Å²) in [6, 6.07) is 5.36. The van der Waals surface area contributed by atoms with Gasteiger partial charge in [-0.25, -0.2) is 0 Å². The fourth-order valence-corrected chi connectivity index (χ4v) is 2.52. The number of ketones is 1. The first kappa shape index (κ1) is 10.4. The van der Waals surface area contributed by atoms with Gasteiger partial charge in [0.1, 0.15) is 0 Å². The first-order valence-electron chi connectivity index (χ1n) is 4.54. The molecular weight excluding hydrogens is 260 g/mol. The molecule has 1 atom stereocenters. The Morgan fingerprint density at radius 3 is 2.93 bits per heavy atom. The van der Waals surface area contributed by atoms with E-state index in [1.807, 2.05) is 6.07 Å². The molecule has 3 nitrogen and oxygen atoms in total. The van der Waals surface area contributed by atoms with Crippen molar-refractivity contribution in [2.45, 2.75) is 12.3 Å². The number of fused-ring (bicyclic) bond motifs is 1. The largest absolute Gasteiger partial charge is 0.469 e. The molecule has 15 heavy (non-hydrogen) atoms. The number of Topliss-reactive ketones (excluding diaryl/α,β-unsaturated/α-hetero) is 1. The van der Waals surface area contributed by atoms with E-state index in [2.05, 4.69) is 20.7 Å². The van der Waals surface area contributed by atoms with Crippen LogP contribution in [0.4, 0.5) is 0 Å². The number of carbonyl (C=O) groups excluding carboxylic acids is 2. The monoisotopic (exact) mass is 268 g/mol. The van der Waals surface area contributed by atoms with Crippen molar-refractivity contribution in [3.8, 4) is 0 Å². The van der Waals surface area contributed by atoms with Crippen LogP contribution in [0.1, 0.15) is 28.3 Å². The van der Waals surface area contributed by atoms with Gasteiger partial charge in [0, 0.05) is 16.5 Å². The Bertz CT molecular complexity index is 439. The van der Waals surface area contributed by atoms with Crippen molar-refractivity contribution >= 4 is 27.7 Å². The van der Waals surface area contributed by atoms with Gasteiger partial charge in [-0.1, -0.05) is 28.1 Å². The van der Waals surface area contributed by atoms with Gasteiger partial charge in [0.05, 0.1) is 13.0 Å². The molecule has 2 rings (SSSR count). The zero-order valence-electron chi connectivity index (χ0n) is 8.12. The van der Waals surface area contributed by atoms with Crippen molar-refractivity contribution in [3.63, 3.8) is 0 Å². The molecular formula is C11H9BrO3. The summed E-state index contributed by atoms with van der Waals surface area (Å²) >= 11 is 3.35. The number of ether oxygens (including phenoxy) is 1. The number of benzene rings is 1. The van der Waals surface area contributed by atoms with Gasteiger partial charge in [0.15, 0.2) is 5.78 Å². The number of hydrogen-bond acceptors (Lipinski definition) is 3. The molecule has 0 bridgehead atoms. The summed E-state index contributed by atoms with van der Waals surface area (Å²) in [5.41, 5.74) is 1.38. The summed E-state index contributed by atoms with van der Waals surface area (Å²) in [5, 5.41) is 0. The van der Waals surface area contributed by atoms with Crippen LogP contribution in [0.15, 0.2) is 22.7 Å². The predicted molar refractivity (Wildman–Crippen MR) is 57.8 cm³/mol. The Morgan fingerprint density at radius 1 is 1.53 bits per heavy atom. The summed E-state index contributed by atoms with van der Waals surface area (Å²) in [4.78, 5) is 23.1. The first-order valence-corrected chi connectivity index (χ1v) is 5.34. The molecule has 0 amide bonds. The van der Waals surface area contributed by atoms with E-state index in [-0.39, 0.29) is 18.2 Å². The molecule has 0 saturated carbocycles. The molecule has 78 valence electrons. The van der Waals surface area contributed by atoms with Gasteiger partial charge < -0.3 is 4.74 Å². The van der Waals surface area contributed by atoms with Crippen LogP contribution in [0.3, 0.4) is 0 Å². The lowest BCUT2D eigenvalue weighted by molar-refractivity contribution is -0.142. The molecule has 0 saturated heterocycles. The third-order valence-electron chi connectivity index (χ3n) is 2.58. The molecule has 0 aromatic heterocycles. The standard InChI is InChI=1S/C11H9BrO3/c1-15-11(14)7-5-9(13)6-3-2-4-8(12)10(6)7/h2-4,7H,5H2,1H3. The van der Waals surface area contributed by atoms with Crippen LogP contribution in [0, 0.1) is 0 Å². The fourth-order valence-electron chi connectivity index (χ4n) is 1.88. The second-order valence-corrected chi connectivity index (χ2v) is 4.26. The molecule has 1 aromatic carbocycles. The van der Waals surface area contributed by atoms with Gasteiger partial charge in [-0.3, -0.25) is 9.59 Å². The van der Waals surface area contributed by atoms with E-state index >= 15 is 0 Å². The van der Waals surface area contributed by atoms with Gasteiger partial charge in [-0.15, -0.1) is 0 Å². The molecule has 1 aliphatic carbocycles. The zero-order chi connectivity index (χ0) is 11.0. The van der Waals surface area contributed by atoms with Crippen LogP contribution in [0.5, 0.6) is 0 Å². The quantitative estimate of drug-likeness (QED) is 0.735. The molecule has 1 unspecified atom stereocenters. The van der Waals surface area contributed by atoms with Crippen LogP contribution < -0.4 is 0 Å². The average Bonchev–Trinajstić information content (AvgIpc) is 2.57. The predicted octanol–water partition coefficient (Wildman–Crippen LogP) is 2.29. The lowest BCUT2D eigenvalue weighted by Gasteiger charge is -2.09. The molecule has 0 aliphatic heterocycles. The van der Waals surface area contributed by atoms with Crippen molar-refractivity contribution in [2.75, 3.05) is 7.11 Å². The maximum atomic E-state index is 11.6. The van der Waals surface area contributed by atoms with Crippen molar-refractivity contribution in [3.05, 3.63) is 33.8 Å². The second-order valence-electron chi connectivity index (χ2n) is 3.40. The maximum absolute atomic E-state index is 11.6. The molecule has 1 aliphatic rings. The topological polar surface area (TPSA) is 43.4 Å². The Balaban J connectivity index is 2.53. The van der Waals surface area contributed by atoms with Crippen LogP contribution in [-0.4, -0.2) is 18.9 Å². The lowest BCUT2D eigenvalue weighted by atomic mass is 10.0. The highest BCUT2D eigenvalue weighted by molar-refractivity contribution is 9.10. The van der Waals surface area contributed by atoms with Gasteiger partial charge >= 0.3 is 5.97 Å². The third kappa shape index (κ3) is 1.59. The minimum atomic E-state index is -0.451. The molecule has 0 radical (unpaired) electrons. The number of hydrogen-bond donors (Lipinski definition) is 0. The molecule has 0 heterocycles. The van der Waals surface area contributed by atoms with Crippen molar-refractivity contribution < 1.29 is 14.3 Å². The average molecular weight is 269 g/mol. The molecule has 0 N–H and O–H groups in total. The summed E-state index contributed by atoms with van der Waals surface area (Å²) in [7, 11) is 1.33. The van der Waals surface area contributed by atoms with Crippen molar-refractivity contribution in [1.82, 2.24) is 0 Å². The molecule has 0 fully saturated rings. The summed E-state index contributed by atoms with van der Waals surface area (Å²) < 4.78 is 5.48. The van der Waals surface area contributed by atoms with Crippen molar-refractivity contribution in [2.24, 2.45) is 0 Å². The van der Waals surface area contributed by atoms with E-state index in [0.29, 0.717) is 5.56 Å². The lowest BCUT2D eigenvalue weighted by Crippen LogP contribution is -2.12. The van der Waals surface area contributed by atoms with E-state index in [0.717, 1.165) is 10.0 Å². The smallest absolute Gasteiger partial charge is 0.313 e. The SMILES string of the molecule is COC(=O)C1CC(=O)c2cccc(Br)c21.